The number of alkyl halides is 7. The van der Waals surface area contributed by atoms with Crippen LogP contribution in [0.4, 0.5) is 30.7 Å². The molecular weight excluding hydrogens is 281 g/mol. The molecule has 0 bridgehead atoms. The van der Waals surface area contributed by atoms with Crippen LogP contribution in [0.2, 0.25) is 0 Å². The van der Waals surface area contributed by atoms with Crippen LogP contribution >= 0.6 is 0 Å². The van der Waals surface area contributed by atoms with Gasteiger partial charge in [-0.1, -0.05) is 0 Å². The number of piperidine rings is 1. The number of rotatable bonds is 5. The van der Waals surface area contributed by atoms with Crippen LogP contribution in [0.3, 0.4) is 0 Å². The minimum Gasteiger partial charge on any atom is -0.308 e. The number of hydrogen-bond acceptors (Lipinski definition) is 2. The molecule has 1 rings (SSSR count). The molecule has 9 heteroatoms. The molecule has 0 aliphatic carbocycles. The molecule has 1 aliphatic rings. The van der Waals surface area contributed by atoms with E-state index in [-0.39, 0.29) is 25.9 Å². The Kier molecular flexibility index (Phi) is 5.43. The van der Waals surface area contributed by atoms with E-state index in [1.54, 1.807) is 0 Å². The average molecular weight is 296 g/mol. The standard InChI is InChI=1S/C10H15F7N2/c11-8(12)9(13,14)5-18-7-1-3-19(4-2-7)6-10(15,16)17/h7-8,18H,1-6H2. The molecule has 0 aromatic rings. The Labute approximate surface area is 105 Å². The first-order valence-corrected chi connectivity index (χ1v) is 5.78. The molecule has 0 radical (unpaired) electrons. The summed E-state index contributed by atoms with van der Waals surface area (Å²) in [5.74, 6) is -4.11. The van der Waals surface area contributed by atoms with Gasteiger partial charge in [0.1, 0.15) is 0 Å². The van der Waals surface area contributed by atoms with Crippen molar-refractivity contribution in [2.75, 3.05) is 26.2 Å². The maximum Gasteiger partial charge on any atom is 0.401 e. The molecule has 0 unspecified atom stereocenters. The van der Waals surface area contributed by atoms with Crippen molar-refractivity contribution in [3.63, 3.8) is 0 Å². The zero-order valence-corrected chi connectivity index (χ0v) is 9.99. The van der Waals surface area contributed by atoms with E-state index in [4.69, 9.17) is 0 Å². The summed E-state index contributed by atoms with van der Waals surface area (Å²) in [6, 6.07) is -0.450. The van der Waals surface area contributed by atoms with E-state index < -0.39 is 37.7 Å². The maximum atomic E-state index is 12.6. The highest BCUT2D eigenvalue weighted by Gasteiger charge is 2.41. The maximum absolute atomic E-state index is 12.6. The zero-order valence-electron chi connectivity index (χ0n) is 9.99. The van der Waals surface area contributed by atoms with Crippen LogP contribution in [0.15, 0.2) is 0 Å². The molecule has 1 aliphatic heterocycles. The van der Waals surface area contributed by atoms with Crippen LogP contribution in [-0.4, -0.2) is 55.6 Å². The molecule has 114 valence electrons. The number of hydrogen-bond donors (Lipinski definition) is 1. The Hall–Kier alpha value is -0.570. The number of likely N-dealkylation sites (tertiary alicyclic amines) is 1. The van der Waals surface area contributed by atoms with Crippen molar-refractivity contribution in [1.82, 2.24) is 10.2 Å². The first-order chi connectivity index (χ1) is 8.60. The van der Waals surface area contributed by atoms with E-state index in [0.29, 0.717) is 0 Å². The molecule has 0 saturated carbocycles. The van der Waals surface area contributed by atoms with Gasteiger partial charge in [0.05, 0.1) is 13.1 Å². The van der Waals surface area contributed by atoms with Gasteiger partial charge < -0.3 is 5.32 Å². The van der Waals surface area contributed by atoms with Crippen molar-refractivity contribution >= 4 is 0 Å². The minimum absolute atomic E-state index is 0.109. The lowest BCUT2D eigenvalue weighted by Crippen LogP contribution is -2.49. The first-order valence-electron chi connectivity index (χ1n) is 5.78. The second-order valence-corrected chi connectivity index (χ2v) is 4.61. The van der Waals surface area contributed by atoms with Gasteiger partial charge in [-0.3, -0.25) is 4.90 Å². The topological polar surface area (TPSA) is 15.3 Å². The summed E-state index contributed by atoms with van der Waals surface area (Å²) in [6.45, 7) is -1.98. The highest BCUT2D eigenvalue weighted by atomic mass is 19.4. The molecule has 0 aromatic heterocycles. The van der Waals surface area contributed by atoms with Gasteiger partial charge in [0, 0.05) is 6.04 Å². The molecule has 19 heavy (non-hydrogen) atoms. The second kappa shape index (κ2) is 6.25. The van der Waals surface area contributed by atoms with Crippen LogP contribution in [-0.2, 0) is 0 Å². The van der Waals surface area contributed by atoms with E-state index in [2.05, 4.69) is 5.32 Å². The van der Waals surface area contributed by atoms with Crippen LogP contribution in [0.25, 0.3) is 0 Å². The third-order valence-corrected chi connectivity index (χ3v) is 2.94. The first kappa shape index (κ1) is 16.5. The van der Waals surface area contributed by atoms with Gasteiger partial charge in [-0.05, 0) is 25.9 Å². The van der Waals surface area contributed by atoms with Crippen LogP contribution < -0.4 is 5.32 Å². The molecule has 0 aromatic carbocycles. The van der Waals surface area contributed by atoms with Gasteiger partial charge in [0.25, 0.3) is 0 Å². The molecule has 1 saturated heterocycles. The third-order valence-electron chi connectivity index (χ3n) is 2.94. The highest BCUT2D eigenvalue weighted by Crippen LogP contribution is 2.23. The van der Waals surface area contributed by atoms with Crippen molar-refractivity contribution < 1.29 is 30.7 Å². The van der Waals surface area contributed by atoms with Crippen molar-refractivity contribution in [3.8, 4) is 0 Å². The van der Waals surface area contributed by atoms with E-state index >= 15 is 0 Å². The van der Waals surface area contributed by atoms with E-state index in [9.17, 15) is 30.7 Å². The van der Waals surface area contributed by atoms with Crippen LogP contribution in [0, 0.1) is 0 Å². The van der Waals surface area contributed by atoms with Crippen molar-refractivity contribution in [2.45, 2.75) is 37.4 Å². The monoisotopic (exact) mass is 296 g/mol. The molecule has 1 heterocycles. The molecule has 1 fully saturated rings. The molecule has 0 spiro atoms. The fraction of sp³-hybridized carbons (Fsp3) is 1.00. The Balaban J connectivity index is 2.27. The van der Waals surface area contributed by atoms with Gasteiger partial charge in [-0.2, -0.15) is 22.0 Å². The Morgan fingerprint density at radius 1 is 1.05 bits per heavy atom. The van der Waals surface area contributed by atoms with Gasteiger partial charge in [0.15, 0.2) is 0 Å². The number of halogens is 7. The van der Waals surface area contributed by atoms with Gasteiger partial charge in [-0.25, -0.2) is 8.78 Å². The zero-order chi connectivity index (χ0) is 14.7. The summed E-state index contributed by atoms with van der Waals surface area (Å²) in [6.07, 6.45) is -7.57. The second-order valence-electron chi connectivity index (χ2n) is 4.61. The van der Waals surface area contributed by atoms with E-state index in [1.807, 2.05) is 0 Å². The summed E-state index contributed by atoms with van der Waals surface area (Å²) >= 11 is 0. The average Bonchev–Trinajstić information content (AvgIpc) is 2.26. The highest BCUT2D eigenvalue weighted by molar-refractivity contribution is 4.81. The largest absolute Gasteiger partial charge is 0.401 e. The lowest BCUT2D eigenvalue weighted by molar-refractivity contribution is -0.148. The van der Waals surface area contributed by atoms with Gasteiger partial charge in [-0.15, -0.1) is 0 Å². The third kappa shape index (κ3) is 5.94. The van der Waals surface area contributed by atoms with Crippen LogP contribution in [0.5, 0.6) is 0 Å². The summed E-state index contributed by atoms with van der Waals surface area (Å²) in [4.78, 5) is 1.17. The molecular formula is C10H15F7N2. The smallest absolute Gasteiger partial charge is 0.308 e. The fourth-order valence-electron chi connectivity index (χ4n) is 1.91. The number of nitrogens with one attached hydrogen (secondary N) is 1. The minimum atomic E-state index is -4.29. The SMILES string of the molecule is FC(F)C(F)(F)CNC1CCN(CC(F)(F)F)CC1. The van der Waals surface area contributed by atoms with E-state index in [0.717, 1.165) is 0 Å². The number of nitrogens with zero attached hydrogens (tertiary/aromatic N) is 1. The summed E-state index contributed by atoms with van der Waals surface area (Å²) in [7, 11) is 0. The Morgan fingerprint density at radius 3 is 2.00 bits per heavy atom. The van der Waals surface area contributed by atoms with Gasteiger partial charge in [0.2, 0.25) is 0 Å². The van der Waals surface area contributed by atoms with Gasteiger partial charge >= 0.3 is 18.5 Å². The predicted molar refractivity (Wildman–Crippen MR) is 54.5 cm³/mol. The van der Waals surface area contributed by atoms with Crippen molar-refractivity contribution in [2.24, 2.45) is 0 Å². The summed E-state index contributed by atoms with van der Waals surface area (Å²) in [5.41, 5.74) is 0. The lowest BCUT2D eigenvalue weighted by Gasteiger charge is -2.33. The molecule has 1 N–H and O–H groups in total. The normalized spacial score (nSPS) is 20.2. The predicted octanol–water partition coefficient (Wildman–Crippen LogP) is 2.50. The van der Waals surface area contributed by atoms with Crippen molar-refractivity contribution in [1.29, 1.82) is 0 Å². The molecule has 2 nitrogen and oxygen atoms in total. The van der Waals surface area contributed by atoms with Crippen LogP contribution in [0.1, 0.15) is 12.8 Å². The Bertz CT molecular complexity index is 272. The lowest BCUT2D eigenvalue weighted by atomic mass is 10.0. The summed E-state index contributed by atoms with van der Waals surface area (Å²) in [5, 5.41) is 2.29. The quantitative estimate of drug-likeness (QED) is 0.784. The Morgan fingerprint density at radius 2 is 1.58 bits per heavy atom. The van der Waals surface area contributed by atoms with Crippen molar-refractivity contribution in [3.05, 3.63) is 0 Å². The fourth-order valence-corrected chi connectivity index (χ4v) is 1.91. The summed E-state index contributed by atoms with van der Waals surface area (Å²) < 4.78 is 85.3. The van der Waals surface area contributed by atoms with E-state index in [1.165, 1.54) is 4.90 Å². The molecule has 0 atom stereocenters. The molecule has 0 amide bonds.